The highest BCUT2D eigenvalue weighted by molar-refractivity contribution is 5.90. The molecule has 0 saturated heterocycles. The summed E-state index contributed by atoms with van der Waals surface area (Å²) in [6.45, 7) is 6.58. The Balaban J connectivity index is 4.19. The van der Waals surface area contributed by atoms with Crippen LogP contribution in [0.25, 0.3) is 0 Å². The van der Waals surface area contributed by atoms with Gasteiger partial charge < -0.3 is 26.8 Å². The summed E-state index contributed by atoms with van der Waals surface area (Å²) in [5.74, 6) is -2.72. The number of nitrogens with two attached hydrogens (primary N) is 1. The molecule has 0 bridgehead atoms. The van der Waals surface area contributed by atoms with E-state index in [1.807, 2.05) is 13.8 Å². The van der Waals surface area contributed by atoms with Gasteiger partial charge in [0.1, 0.15) is 6.04 Å². The summed E-state index contributed by atoms with van der Waals surface area (Å²) in [5, 5.41) is 16.0. The zero-order valence-corrected chi connectivity index (χ0v) is 14.6. The lowest BCUT2D eigenvalue weighted by Crippen LogP contribution is -2.49. The summed E-state index contributed by atoms with van der Waals surface area (Å²) in [5.41, 5.74) is 5.63. The van der Waals surface area contributed by atoms with E-state index >= 15 is 0 Å². The highest BCUT2D eigenvalue weighted by Gasteiger charge is 2.21. The molecule has 9 heteroatoms. The van der Waals surface area contributed by atoms with Gasteiger partial charge in [0.2, 0.25) is 17.7 Å². The summed E-state index contributed by atoms with van der Waals surface area (Å²) in [4.78, 5) is 45.9. The Hall–Kier alpha value is -2.16. The maximum absolute atomic E-state index is 11.7. The average molecular weight is 344 g/mol. The van der Waals surface area contributed by atoms with E-state index in [1.165, 1.54) is 0 Å². The first kappa shape index (κ1) is 21.8. The molecule has 2 atom stereocenters. The maximum Gasteiger partial charge on any atom is 0.326 e. The molecule has 0 aromatic carbocycles. The zero-order chi connectivity index (χ0) is 18.9. The van der Waals surface area contributed by atoms with E-state index in [1.54, 1.807) is 13.8 Å². The fraction of sp³-hybridized carbons (Fsp3) is 0.733. The van der Waals surface area contributed by atoms with E-state index < -0.39 is 35.8 Å². The lowest BCUT2D eigenvalue weighted by Gasteiger charge is -2.17. The van der Waals surface area contributed by atoms with Crippen LogP contribution in [0.3, 0.4) is 0 Å². The van der Waals surface area contributed by atoms with Crippen LogP contribution < -0.4 is 21.7 Å². The first-order chi connectivity index (χ1) is 11.0. The minimum atomic E-state index is -1.13. The van der Waals surface area contributed by atoms with Crippen molar-refractivity contribution in [3.8, 4) is 0 Å². The summed E-state index contributed by atoms with van der Waals surface area (Å²) in [6, 6.07) is -1.72. The van der Waals surface area contributed by atoms with Crippen molar-refractivity contribution in [2.24, 2.45) is 17.6 Å². The van der Waals surface area contributed by atoms with Crippen molar-refractivity contribution in [1.29, 1.82) is 0 Å². The van der Waals surface area contributed by atoms with Crippen LogP contribution in [0.4, 0.5) is 0 Å². The molecule has 0 spiro atoms. The van der Waals surface area contributed by atoms with Crippen LogP contribution >= 0.6 is 0 Å². The Morgan fingerprint density at radius 2 is 1.50 bits per heavy atom. The Morgan fingerprint density at radius 1 is 0.958 bits per heavy atom. The number of carboxylic acids is 1. The molecular weight excluding hydrogens is 316 g/mol. The van der Waals surface area contributed by atoms with E-state index in [-0.39, 0.29) is 31.3 Å². The highest BCUT2D eigenvalue weighted by atomic mass is 16.4. The molecule has 3 amide bonds. The standard InChI is InChI=1S/C15H28N4O5/c1-8(2)5-10(15(23)24)19-12(21)7-17-11(20)6-18-14(22)13(16)9(3)4/h8-10,13H,5-7,16H2,1-4H3,(H,17,20)(H,18,22)(H,19,21)(H,23,24)/t10-,13-/m0/s1. The Bertz CT molecular complexity index is 465. The van der Waals surface area contributed by atoms with Gasteiger partial charge in [0.15, 0.2) is 0 Å². The monoisotopic (exact) mass is 344 g/mol. The van der Waals surface area contributed by atoms with Gasteiger partial charge in [-0.25, -0.2) is 4.79 Å². The van der Waals surface area contributed by atoms with E-state index in [2.05, 4.69) is 16.0 Å². The predicted octanol–water partition coefficient (Wildman–Crippen LogP) is -1.18. The number of carbonyl (C=O) groups is 4. The number of nitrogens with one attached hydrogen (secondary N) is 3. The zero-order valence-electron chi connectivity index (χ0n) is 14.6. The molecule has 0 heterocycles. The van der Waals surface area contributed by atoms with Gasteiger partial charge in [0.25, 0.3) is 0 Å². The molecule has 0 aromatic heterocycles. The van der Waals surface area contributed by atoms with E-state index in [0.717, 1.165) is 0 Å². The van der Waals surface area contributed by atoms with Crippen molar-refractivity contribution in [2.45, 2.75) is 46.2 Å². The van der Waals surface area contributed by atoms with Gasteiger partial charge in [-0.15, -0.1) is 0 Å². The smallest absolute Gasteiger partial charge is 0.326 e. The van der Waals surface area contributed by atoms with E-state index in [9.17, 15) is 19.2 Å². The van der Waals surface area contributed by atoms with Crippen LogP contribution in [0.5, 0.6) is 0 Å². The quantitative estimate of drug-likeness (QED) is 0.336. The molecule has 138 valence electrons. The van der Waals surface area contributed by atoms with Gasteiger partial charge in [-0.05, 0) is 18.3 Å². The molecule has 0 radical (unpaired) electrons. The van der Waals surface area contributed by atoms with Gasteiger partial charge >= 0.3 is 5.97 Å². The lowest BCUT2D eigenvalue weighted by molar-refractivity contribution is -0.142. The molecule has 0 aliphatic heterocycles. The summed E-state index contributed by atoms with van der Waals surface area (Å²) >= 11 is 0. The molecule has 0 rings (SSSR count). The summed E-state index contributed by atoms with van der Waals surface area (Å²) < 4.78 is 0. The average Bonchev–Trinajstić information content (AvgIpc) is 2.48. The lowest BCUT2D eigenvalue weighted by atomic mass is 10.0. The topological polar surface area (TPSA) is 151 Å². The second-order valence-corrected chi connectivity index (χ2v) is 6.35. The fourth-order valence-electron chi connectivity index (χ4n) is 1.77. The molecule has 0 saturated carbocycles. The normalized spacial score (nSPS) is 13.3. The summed E-state index contributed by atoms with van der Waals surface area (Å²) in [7, 11) is 0. The van der Waals surface area contributed by atoms with Gasteiger partial charge in [0.05, 0.1) is 19.1 Å². The minimum Gasteiger partial charge on any atom is -0.480 e. The minimum absolute atomic E-state index is 0.0623. The van der Waals surface area contributed by atoms with Crippen molar-refractivity contribution in [3.63, 3.8) is 0 Å². The van der Waals surface area contributed by atoms with Crippen molar-refractivity contribution < 1.29 is 24.3 Å². The molecule has 9 nitrogen and oxygen atoms in total. The van der Waals surface area contributed by atoms with Gasteiger partial charge in [0, 0.05) is 0 Å². The number of amides is 3. The van der Waals surface area contributed by atoms with Crippen LogP contribution in [0, 0.1) is 11.8 Å². The first-order valence-corrected chi connectivity index (χ1v) is 7.86. The van der Waals surface area contributed by atoms with Crippen LogP contribution in [-0.2, 0) is 19.2 Å². The molecular formula is C15H28N4O5. The van der Waals surface area contributed by atoms with Crippen molar-refractivity contribution >= 4 is 23.7 Å². The van der Waals surface area contributed by atoms with Crippen LogP contribution in [0.15, 0.2) is 0 Å². The molecule has 0 unspecified atom stereocenters. The molecule has 0 aliphatic carbocycles. The number of aliphatic carboxylic acids is 1. The highest BCUT2D eigenvalue weighted by Crippen LogP contribution is 2.04. The van der Waals surface area contributed by atoms with Crippen molar-refractivity contribution in [1.82, 2.24) is 16.0 Å². The van der Waals surface area contributed by atoms with E-state index in [4.69, 9.17) is 10.8 Å². The van der Waals surface area contributed by atoms with Gasteiger partial charge in [-0.1, -0.05) is 27.7 Å². The van der Waals surface area contributed by atoms with Gasteiger partial charge in [-0.2, -0.15) is 0 Å². The third-order valence-corrected chi connectivity index (χ3v) is 3.23. The van der Waals surface area contributed by atoms with Crippen molar-refractivity contribution in [2.75, 3.05) is 13.1 Å². The predicted molar refractivity (Wildman–Crippen MR) is 87.9 cm³/mol. The fourth-order valence-corrected chi connectivity index (χ4v) is 1.77. The van der Waals surface area contributed by atoms with E-state index in [0.29, 0.717) is 0 Å². The van der Waals surface area contributed by atoms with Crippen LogP contribution in [0.1, 0.15) is 34.1 Å². The number of carbonyl (C=O) groups excluding carboxylic acids is 3. The SMILES string of the molecule is CC(C)C[C@H](NC(=O)CNC(=O)CNC(=O)[C@@H](N)C(C)C)C(=O)O. The largest absolute Gasteiger partial charge is 0.480 e. The maximum atomic E-state index is 11.7. The van der Waals surface area contributed by atoms with Crippen LogP contribution in [0.2, 0.25) is 0 Å². The van der Waals surface area contributed by atoms with Crippen molar-refractivity contribution in [3.05, 3.63) is 0 Å². The van der Waals surface area contributed by atoms with Crippen LogP contribution in [-0.4, -0.2) is 54.0 Å². The third-order valence-electron chi connectivity index (χ3n) is 3.23. The molecule has 0 fully saturated rings. The third kappa shape index (κ3) is 9.09. The Labute approximate surface area is 141 Å². The molecule has 6 N–H and O–H groups in total. The summed E-state index contributed by atoms with van der Waals surface area (Å²) in [6.07, 6.45) is 0.290. The van der Waals surface area contributed by atoms with Gasteiger partial charge in [-0.3, -0.25) is 14.4 Å². The Morgan fingerprint density at radius 3 is 1.96 bits per heavy atom. The molecule has 0 aliphatic rings. The molecule has 24 heavy (non-hydrogen) atoms. The number of rotatable bonds is 10. The number of hydrogen-bond donors (Lipinski definition) is 5. The molecule has 0 aromatic rings. The second-order valence-electron chi connectivity index (χ2n) is 6.35. The first-order valence-electron chi connectivity index (χ1n) is 7.86. The Kier molecular flexibility index (Phi) is 9.63. The number of hydrogen-bond acceptors (Lipinski definition) is 5. The number of carboxylic acid groups (broad SMARTS) is 1. The second kappa shape index (κ2) is 10.6.